The standard InChI is InChI=1S/C9H11BrFNO2S/c1-2-3-15(13,14)9-4-6(10)7(11)5-8(9)12/h4-5H,2-3,12H2,1H3. The molecule has 1 rings (SSSR count). The van der Waals surface area contributed by atoms with Crippen molar-refractivity contribution in [3.63, 3.8) is 0 Å². The lowest BCUT2D eigenvalue weighted by Gasteiger charge is -2.07. The van der Waals surface area contributed by atoms with Gasteiger partial charge in [0.15, 0.2) is 9.84 Å². The monoisotopic (exact) mass is 295 g/mol. The zero-order valence-corrected chi connectivity index (χ0v) is 10.5. The molecule has 0 radical (unpaired) electrons. The normalized spacial score (nSPS) is 11.7. The zero-order chi connectivity index (χ0) is 11.6. The molecule has 0 saturated heterocycles. The molecular formula is C9H11BrFNO2S. The van der Waals surface area contributed by atoms with Gasteiger partial charge in [0.1, 0.15) is 5.82 Å². The van der Waals surface area contributed by atoms with Crippen LogP contribution in [0.4, 0.5) is 10.1 Å². The van der Waals surface area contributed by atoms with Crippen LogP contribution in [-0.4, -0.2) is 14.2 Å². The summed E-state index contributed by atoms with van der Waals surface area (Å²) in [6.45, 7) is 1.76. The van der Waals surface area contributed by atoms with Gasteiger partial charge < -0.3 is 5.73 Å². The van der Waals surface area contributed by atoms with E-state index in [4.69, 9.17) is 5.73 Å². The predicted octanol–water partition coefficient (Wildman–Crippen LogP) is 2.35. The van der Waals surface area contributed by atoms with Gasteiger partial charge in [0.05, 0.1) is 20.8 Å². The highest BCUT2D eigenvalue weighted by Gasteiger charge is 2.18. The Morgan fingerprint density at radius 2 is 2.07 bits per heavy atom. The smallest absolute Gasteiger partial charge is 0.180 e. The van der Waals surface area contributed by atoms with Crippen molar-refractivity contribution in [3.8, 4) is 0 Å². The highest BCUT2D eigenvalue weighted by molar-refractivity contribution is 9.10. The van der Waals surface area contributed by atoms with Crippen molar-refractivity contribution in [1.82, 2.24) is 0 Å². The Bertz CT molecular complexity index is 473. The first-order valence-corrected chi connectivity index (χ1v) is 6.80. The van der Waals surface area contributed by atoms with Crippen LogP contribution in [-0.2, 0) is 9.84 Å². The lowest BCUT2D eigenvalue weighted by Crippen LogP contribution is -2.09. The molecule has 0 aliphatic rings. The number of hydrogen-bond donors (Lipinski definition) is 1. The molecule has 1 aromatic rings. The maximum atomic E-state index is 13.0. The minimum absolute atomic E-state index is 0.00920. The van der Waals surface area contributed by atoms with Crippen LogP contribution in [0.15, 0.2) is 21.5 Å². The van der Waals surface area contributed by atoms with Crippen LogP contribution in [0.2, 0.25) is 0 Å². The molecule has 3 nitrogen and oxygen atoms in total. The molecule has 0 aromatic heterocycles. The molecule has 0 saturated carbocycles. The molecule has 1 aromatic carbocycles. The molecule has 0 aliphatic heterocycles. The van der Waals surface area contributed by atoms with Crippen molar-refractivity contribution in [2.75, 3.05) is 11.5 Å². The second kappa shape index (κ2) is 4.49. The van der Waals surface area contributed by atoms with E-state index in [9.17, 15) is 12.8 Å². The van der Waals surface area contributed by atoms with Gasteiger partial charge in [-0.15, -0.1) is 0 Å². The van der Waals surface area contributed by atoms with Gasteiger partial charge in [-0.05, 0) is 34.5 Å². The number of anilines is 1. The zero-order valence-electron chi connectivity index (χ0n) is 8.13. The van der Waals surface area contributed by atoms with Crippen molar-refractivity contribution in [2.24, 2.45) is 0 Å². The Morgan fingerprint density at radius 3 is 2.60 bits per heavy atom. The Labute approximate surface area is 96.5 Å². The van der Waals surface area contributed by atoms with Crippen LogP contribution >= 0.6 is 15.9 Å². The average molecular weight is 296 g/mol. The molecule has 0 bridgehead atoms. The molecule has 6 heteroatoms. The van der Waals surface area contributed by atoms with Crippen LogP contribution in [0.5, 0.6) is 0 Å². The molecule has 0 spiro atoms. The van der Waals surface area contributed by atoms with E-state index in [0.29, 0.717) is 6.42 Å². The largest absolute Gasteiger partial charge is 0.398 e. The summed E-state index contributed by atoms with van der Waals surface area (Å²) in [5, 5.41) is 0. The predicted molar refractivity (Wildman–Crippen MR) is 60.9 cm³/mol. The number of nitrogen functional groups attached to an aromatic ring is 1. The molecule has 15 heavy (non-hydrogen) atoms. The highest BCUT2D eigenvalue weighted by Crippen LogP contribution is 2.27. The fourth-order valence-electron chi connectivity index (χ4n) is 1.19. The van der Waals surface area contributed by atoms with E-state index in [1.807, 2.05) is 0 Å². The fraction of sp³-hybridized carbons (Fsp3) is 0.333. The lowest BCUT2D eigenvalue weighted by molar-refractivity contribution is 0.593. The van der Waals surface area contributed by atoms with Crippen molar-refractivity contribution in [1.29, 1.82) is 0 Å². The van der Waals surface area contributed by atoms with Crippen LogP contribution < -0.4 is 5.73 Å². The average Bonchev–Trinajstić information content (AvgIpc) is 2.11. The van der Waals surface area contributed by atoms with Crippen molar-refractivity contribution in [3.05, 3.63) is 22.4 Å². The molecule has 84 valence electrons. The summed E-state index contributed by atoms with van der Waals surface area (Å²) in [6, 6.07) is 2.21. The van der Waals surface area contributed by atoms with E-state index in [1.54, 1.807) is 6.92 Å². The Balaban J connectivity index is 3.33. The molecule has 2 N–H and O–H groups in total. The Hall–Kier alpha value is -0.620. The first kappa shape index (κ1) is 12.4. The fourth-order valence-corrected chi connectivity index (χ4v) is 3.16. The number of hydrogen-bond acceptors (Lipinski definition) is 3. The number of nitrogens with two attached hydrogens (primary N) is 1. The molecule has 0 aliphatic carbocycles. The van der Waals surface area contributed by atoms with Gasteiger partial charge in [-0.1, -0.05) is 6.92 Å². The summed E-state index contributed by atoms with van der Waals surface area (Å²) in [5.74, 6) is -0.558. The Kier molecular flexibility index (Phi) is 3.72. The molecular weight excluding hydrogens is 285 g/mol. The summed E-state index contributed by atoms with van der Waals surface area (Å²) in [6.07, 6.45) is 0.497. The van der Waals surface area contributed by atoms with Gasteiger partial charge in [-0.3, -0.25) is 0 Å². The third kappa shape index (κ3) is 2.69. The van der Waals surface area contributed by atoms with Crippen LogP contribution in [0.3, 0.4) is 0 Å². The highest BCUT2D eigenvalue weighted by atomic mass is 79.9. The van der Waals surface area contributed by atoms with Gasteiger partial charge in [-0.25, -0.2) is 12.8 Å². The van der Waals surface area contributed by atoms with Gasteiger partial charge >= 0.3 is 0 Å². The summed E-state index contributed by atoms with van der Waals surface area (Å²) >= 11 is 2.93. The van der Waals surface area contributed by atoms with E-state index >= 15 is 0 Å². The minimum Gasteiger partial charge on any atom is -0.398 e. The van der Waals surface area contributed by atoms with Crippen molar-refractivity contribution >= 4 is 31.5 Å². The van der Waals surface area contributed by atoms with E-state index in [2.05, 4.69) is 15.9 Å². The number of benzene rings is 1. The SMILES string of the molecule is CCCS(=O)(=O)c1cc(Br)c(F)cc1N. The first-order valence-electron chi connectivity index (χ1n) is 4.35. The number of halogens is 2. The summed E-state index contributed by atoms with van der Waals surface area (Å²) < 4.78 is 36.5. The summed E-state index contributed by atoms with van der Waals surface area (Å²) in [7, 11) is -3.40. The van der Waals surface area contributed by atoms with E-state index < -0.39 is 15.7 Å². The summed E-state index contributed by atoms with van der Waals surface area (Å²) in [4.78, 5) is -0.0161. The van der Waals surface area contributed by atoms with E-state index in [-0.39, 0.29) is 20.8 Å². The quantitative estimate of drug-likeness (QED) is 0.688. The second-order valence-corrected chi connectivity index (χ2v) is 6.05. The molecule has 0 atom stereocenters. The van der Waals surface area contributed by atoms with Gasteiger partial charge in [0, 0.05) is 0 Å². The molecule has 0 amide bonds. The third-order valence-electron chi connectivity index (χ3n) is 1.86. The number of sulfone groups is 1. The molecule has 0 heterocycles. The van der Waals surface area contributed by atoms with Gasteiger partial charge in [0.2, 0.25) is 0 Å². The van der Waals surface area contributed by atoms with Crippen molar-refractivity contribution < 1.29 is 12.8 Å². The molecule has 0 fully saturated rings. The van der Waals surface area contributed by atoms with Gasteiger partial charge in [0.25, 0.3) is 0 Å². The van der Waals surface area contributed by atoms with Crippen molar-refractivity contribution in [2.45, 2.75) is 18.2 Å². The van der Waals surface area contributed by atoms with E-state index in [0.717, 1.165) is 6.07 Å². The third-order valence-corrected chi connectivity index (χ3v) is 4.44. The second-order valence-electron chi connectivity index (χ2n) is 3.12. The topological polar surface area (TPSA) is 60.2 Å². The van der Waals surface area contributed by atoms with E-state index in [1.165, 1.54) is 6.07 Å². The Morgan fingerprint density at radius 1 is 1.47 bits per heavy atom. The minimum atomic E-state index is -3.40. The number of rotatable bonds is 3. The maximum Gasteiger partial charge on any atom is 0.180 e. The van der Waals surface area contributed by atoms with Crippen LogP contribution in [0.1, 0.15) is 13.3 Å². The van der Waals surface area contributed by atoms with Crippen LogP contribution in [0.25, 0.3) is 0 Å². The molecule has 0 unspecified atom stereocenters. The van der Waals surface area contributed by atoms with Gasteiger partial charge in [-0.2, -0.15) is 0 Å². The van der Waals surface area contributed by atoms with Crippen LogP contribution in [0, 0.1) is 5.82 Å². The lowest BCUT2D eigenvalue weighted by atomic mass is 10.3. The summed E-state index contributed by atoms with van der Waals surface area (Å²) in [5.41, 5.74) is 5.41. The first-order chi connectivity index (χ1) is 6.88. The maximum absolute atomic E-state index is 13.0.